The van der Waals surface area contributed by atoms with Crippen LogP contribution in [0.3, 0.4) is 0 Å². The average Bonchev–Trinajstić information content (AvgIpc) is 2.39. The van der Waals surface area contributed by atoms with Crippen LogP contribution in [0.2, 0.25) is 0 Å². The molecule has 4 heteroatoms. The highest BCUT2D eigenvalue weighted by atomic mass is 32.2. The molecule has 0 aliphatic heterocycles. The summed E-state index contributed by atoms with van der Waals surface area (Å²) in [6.07, 6.45) is 0.0961. The van der Waals surface area contributed by atoms with E-state index < -0.39 is 0 Å². The number of hydrogen-bond donors (Lipinski definition) is 0. The van der Waals surface area contributed by atoms with Gasteiger partial charge in [-0.25, -0.2) is 0 Å². The zero-order valence-corrected chi connectivity index (χ0v) is 13.0. The van der Waals surface area contributed by atoms with Crippen molar-refractivity contribution in [3.63, 3.8) is 0 Å². The Labute approximate surface area is 129 Å². The molecule has 2 aromatic rings. The smallest absolute Gasteiger partial charge is 0.225 e. The molecule has 0 saturated carbocycles. The standard InChI is InChI=1S/C16H16O2S2/c1-12(2)17-16(19)20-15-10-6-9-14(11-15)18-13-7-4-3-5-8-13/h3-12H,1-2H3. The fourth-order valence-electron chi connectivity index (χ4n) is 1.54. The highest BCUT2D eigenvalue weighted by molar-refractivity contribution is 8.22. The van der Waals surface area contributed by atoms with E-state index in [2.05, 4.69) is 0 Å². The van der Waals surface area contributed by atoms with E-state index in [4.69, 9.17) is 21.7 Å². The second-order valence-electron chi connectivity index (χ2n) is 4.41. The summed E-state index contributed by atoms with van der Waals surface area (Å²) in [4.78, 5) is 1.00. The Morgan fingerprint density at radius 3 is 2.40 bits per heavy atom. The molecule has 2 rings (SSSR count). The Hall–Kier alpha value is -1.52. The van der Waals surface area contributed by atoms with E-state index in [1.807, 2.05) is 68.4 Å². The Morgan fingerprint density at radius 1 is 1.00 bits per heavy atom. The summed E-state index contributed by atoms with van der Waals surface area (Å²) in [5, 5.41) is 0. The van der Waals surface area contributed by atoms with Gasteiger partial charge in [-0.2, -0.15) is 0 Å². The molecule has 0 amide bonds. The summed E-state index contributed by atoms with van der Waals surface area (Å²) >= 11 is 6.61. The van der Waals surface area contributed by atoms with Crippen molar-refractivity contribution in [3.05, 3.63) is 54.6 Å². The summed E-state index contributed by atoms with van der Waals surface area (Å²) in [7, 11) is 0. The maximum absolute atomic E-state index is 5.78. The van der Waals surface area contributed by atoms with Crippen LogP contribution in [-0.4, -0.2) is 10.5 Å². The van der Waals surface area contributed by atoms with Crippen molar-refractivity contribution in [1.82, 2.24) is 0 Å². The predicted molar refractivity (Wildman–Crippen MR) is 87.6 cm³/mol. The van der Waals surface area contributed by atoms with Crippen LogP contribution in [0.4, 0.5) is 0 Å². The van der Waals surface area contributed by atoms with E-state index in [0.717, 1.165) is 16.4 Å². The van der Waals surface area contributed by atoms with Gasteiger partial charge in [-0.1, -0.05) is 24.3 Å². The molecule has 0 N–H and O–H groups in total. The lowest BCUT2D eigenvalue weighted by molar-refractivity contribution is 0.243. The van der Waals surface area contributed by atoms with Gasteiger partial charge in [0.25, 0.3) is 0 Å². The highest BCUT2D eigenvalue weighted by Gasteiger charge is 2.05. The van der Waals surface area contributed by atoms with Gasteiger partial charge in [0.1, 0.15) is 11.5 Å². The third-order valence-corrected chi connectivity index (χ3v) is 3.42. The predicted octanol–water partition coefficient (Wildman–Crippen LogP) is 5.28. The molecule has 0 aliphatic rings. The van der Waals surface area contributed by atoms with Gasteiger partial charge in [0.15, 0.2) is 0 Å². The van der Waals surface area contributed by atoms with Gasteiger partial charge >= 0.3 is 0 Å². The topological polar surface area (TPSA) is 18.5 Å². The number of ether oxygens (including phenoxy) is 2. The van der Waals surface area contributed by atoms with Gasteiger partial charge in [-0.15, -0.1) is 0 Å². The van der Waals surface area contributed by atoms with Crippen LogP contribution in [0, 0.1) is 0 Å². The van der Waals surface area contributed by atoms with E-state index in [-0.39, 0.29) is 6.10 Å². The molecule has 2 aromatic carbocycles. The molecule has 0 heterocycles. The third-order valence-electron chi connectivity index (χ3n) is 2.32. The number of para-hydroxylation sites is 1. The Kier molecular flexibility index (Phi) is 5.44. The fourth-order valence-corrected chi connectivity index (χ4v) is 2.77. The molecule has 0 saturated heterocycles. The summed E-state index contributed by atoms with van der Waals surface area (Å²) in [6, 6.07) is 17.5. The van der Waals surface area contributed by atoms with E-state index in [9.17, 15) is 0 Å². The van der Waals surface area contributed by atoms with Crippen molar-refractivity contribution in [1.29, 1.82) is 0 Å². The van der Waals surface area contributed by atoms with Crippen LogP contribution in [0.15, 0.2) is 59.5 Å². The molecule has 104 valence electrons. The van der Waals surface area contributed by atoms with E-state index in [1.54, 1.807) is 0 Å². The average molecular weight is 304 g/mol. The minimum atomic E-state index is 0.0961. The molecule has 0 aromatic heterocycles. The maximum atomic E-state index is 5.78. The lowest BCUT2D eigenvalue weighted by Crippen LogP contribution is -2.05. The van der Waals surface area contributed by atoms with Crippen molar-refractivity contribution in [2.45, 2.75) is 24.8 Å². The number of benzene rings is 2. The zero-order valence-electron chi connectivity index (χ0n) is 11.4. The highest BCUT2D eigenvalue weighted by Crippen LogP contribution is 2.28. The summed E-state index contributed by atoms with van der Waals surface area (Å²) in [5.41, 5.74) is 0. The van der Waals surface area contributed by atoms with Crippen LogP contribution in [-0.2, 0) is 4.74 Å². The van der Waals surface area contributed by atoms with E-state index in [1.165, 1.54) is 11.8 Å². The zero-order chi connectivity index (χ0) is 14.4. The molecule has 2 nitrogen and oxygen atoms in total. The van der Waals surface area contributed by atoms with Gasteiger partial charge in [0.05, 0.1) is 6.10 Å². The van der Waals surface area contributed by atoms with Crippen molar-refractivity contribution < 1.29 is 9.47 Å². The van der Waals surface area contributed by atoms with Gasteiger partial charge < -0.3 is 9.47 Å². The second-order valence-corrected chi connectivity index (χ2v) is 6.08. The fraction of sp³-hybridized carbons (Fsp3) is 0.188. The second kappa shape index (κ2) is 7.31. The third kappa shape index (κ3) is 4.87. The molecule has 0 spiro atoms. The SMILES string of the molecule is CC(C)OC(=S)Sc1cccc(Oc2ccccc2)c1. The largest absolute Gasteiger partial charge is 0.476 e. The van der Waals surface area contributed by atoms with Crippen molar-refractivity contribution in [3.8, 4) is 11.5 Å². The molecule has 0 atom stereocenters. The number of rotatable bonds is 4. The summed E-state index contributed by atoms with van der Waals surface area (Å²) in [5.74, 6) is 1.60. The molecule has 0 radical (unpaired) electrons. The van der Waals surface area contributed by atoms with Crippen LogP contribution in [0.5, 0.6) is 11.5 Å². The minimum Gasteiger partial charge on any atom is -0.476 e. The number of thiocarbonyl (C=S) groups is 1. The normalized spacial score (nSPS) is 10.3. The van der Waals surface area contributed by atoms with Crippen molar-refractivity contribution in [2.75, 3.05) is 0 Å². The summed E-state index contributed by atoms with van der Waals surface area (Å²) < 4.78 is 11.8. The Morgan fingerprint density at radius 2 is 1.70 bits per heavy atom. The van der Waals surface area contributed by atoms with Crippen molar-refractivity contribution >= 4 is 28.4 Å². The number of thioether (sulfide) groups is 1. The molecule has 0 fully saturated rings. The minimum absolute atomic E-state index is 0.0961. The molecule has 0 unspecified atom stereocenters. The molecule has 0 aliphatic carbocycles. The van der Waals surface area contributed by atoms with Gasteiger partial charge in [-0.3, -0.25) is 0 Å². The van der Waals surface area contributed by atoms with E-state index in [0.29, 0.717) is 4.38 Å². The van der Waals surface area contributed by atoms with Crippen LogP contribution >= 0.6 is 24.0 Å². The Balaban J connectivity index is 2.03. The first-order chi connectivity index (χ1) is 9.63. The number of hydrogen-bond acceptors (Lipinski definition) is 4. The lowest BCUT2D eigenvalue weighted by atomic mass is 10.3. The Bertz CT molecular complexity index is 568. The lowest BCUT2D eigenvalue weighted by Gasteiger charge is -2.11. The first kappa shape index (κ1) is 14.9. The molecular weight excluding hydrogens is 288 g/mol. The summed E-state index contributed by atoms with van der Waals surface area (Å²) in [6.45, 7) is 3.92. The monoisotopic (exact) mass is 304 g/mol. The van der Waals surface area contributed by atoms with Crippen LogP contribution in [0.1, 0.15) is 13.8 Å². The molecular formula is C16H16O2S2. The van der Waals surface area contributed by atoms with Crippen LogP contribution < -0.4 is 4.74 Å². The van der Waals surface area contributed by atoms with Crippen LogP contribution in [0.25, 0.3) is 0 Å². The molecule has 0 bridgehead atoms. The molecule has 20 heavy (non-hydrogen) atoms. The van der Waals surface area contributed by atoms with Gasteiger partial charge in [0, 0.05) is 4.90 Å². The maximum Gasteiger partial charge on any atom is 0.225 e. The first-order valence-corrected chi connectivity index (χ1v) is 7.57. The first-order valence-electron chi connectivity index (χ1n) is 6.35. The van der Waals surface area contributed by atoms with E-state index >= 15 is 0 Å². The van der Waals surface area contributed by atoms with Gasteiger partial charge in [0.2, 0.25) is 4.38 Å². The van der Waals surface area contributed by atoms with Gasteiger partial charge in [-0.05, 0) is 68.2 Å². The quantitative estimate of drug-likeness (QED) is 0.565. The van der Waals surface area contributed by atoms with Crippen molar-refractivity contribution in [2.24, 2.45) is 0 Å².